The summed E-state index contributed by atoms with van der Waals surface area (Å²) in [5, 5.41) is 22.6. The lowest BCUT2D eigenvalue weighted by atomic mass is 9.88. The van der Waals surface area contributed by atoms with E-state index in [0.717, 1.165) is 31.5 Å². The van der Waals surface area contributed by atoms with Crippen LogP contribution in [0.25, 0.3) is 11.3 Å². The molecule has 0 radical (unpaired) electrons. The Kier molecular flexibility index (Phi) is 4.13. The number of para-hydroxylation sites is 1. The lowest BCUT2D eigenvalue weighted by Crippen LogP contribution is -2.29. The molecule has 0 aliphatic carbocycles. The summed E-state index contributed by atoms with van der Waals surface area (Å²) in [4.78, 5) is 4.18. The van der Waals surface area contributed by atoms with Crippen LogP contribution in [-0.4, -0.2) is 23.2 Å². The molecule has 1 atom stereocenters. The van der Waals surface area contributed by atoms with Gasteiger partial charge in [-0.15, -0.1) is 0 Å². The van der Waals surface area contributed by atoms with Crippen LogP contribution < -0.4 is 11.1 Å². The van der Waals surface area contributed by atoms with Crippen LogP contribution in [0.4, 0.5) is 10.2 Å². The molecule has 5 nitrogen and oxygen atoms in total. The molecule has 1 aliphatic heterocycles. The van der Waals surface area contributed by atoms with Crippen molar-refractivity contribution in [3.8, 4) is 23.1 Å². The van der Waals surface area contributed by atoms with Gasteiger partial charge in [0.2, 0.25) is 0 Å². The Morgan fingerprint density at radius 3 is 2.96 bits per heavy atom. The van der Waals surface area contributed by atoms with Crippen molar-refractivity contribution < 1.29 is 9.50 Å². The second-order valence-electron chi connectivity index (χ2n) is 5.65. The van der Waals surface area contributed by atoms with Crippen molar-refractivity contribution in [2.45, 2.75) is 18.8 Å². The van der Waals surface area contributed by atoms with Crippen LogP contribution >= 0.6 is 0 Å². The van der Waals surface area contributed by atoms with E-state index in [0.29, 0.717) is 11.3 Å². The zero-order valence-corrected chi connectivity index (χ0v) is 12.5. The molecule has 1 unspecified atom stereocenters. The molecule has 2 aromatic rings. The molecule has 0 spiro atoms. The van der Waals surface area contributed by atoms with E-state index in [2.05, 4.69) is 16.4 Å². The van der Waals surface area contributed by atoms with Gasteiger partial charge >= 0.3 is 0 Å². The Morgan fingerprint density at radius 1 is 1.43 bits per heavy atom. The Balaban J connectivity index is 2.14. The first-order chi connectivity index (χ1) is 11.1. The average Bonchev–Trinajstić information content (AvgIpc) is 2.57. The van der Waals surface area contributed by atoms with E-state index in [1.165, 1.54) is 12.1 Å². The maximum Gasteiger partial charge on any atom is 0.165 e. The number of halogens is 1. The number of anilines is 1. The first kappa shape index (κ1) is 15.3. The monoisotopic (exact) mass is 312 g/mol. The fraction of sp³-hybridized carbons (Fsp3) is 0.294. The number of nitrogens with zero attached hydrogens (tertiary/aromatic N) is 2. The van der Waals surface area contributed by atoms with Crippen LogP contribution in [0.15, 0.2) is 24.3 Å². The number of hydrogen-bond donors (Lipinski definition) is 3. The Bertz CT molecular complexity index is 779. The summed E-state index contributed by atoms with van der Waals surface area (Å²) >= 11 is 0. The van der Waals surface area contributed by atoms with Gasteiger partial charge in [0.25, 0.3) is 0 Å². The summed E-state index contributed by atoms with van der Waals surface area (Å²) in [6, 6.07) is 8.11. The first-order valence-corrected chi connectivity index (χ1v) is 7.51. The first-order valence-electron chi connectivity index (χ1n) is 7.51. The average molecular weight is 312 g/mol. The van der Waals surface area contributed by atoms with Crippen molar-refractivity contribution in [1.29, 1.82) is 5.26 Å². The number of hydrogen-bond acceptors (Lipinski definition) is 5. The van der Waals surface area contributed by atoms with Crippen molar-refractivity contribution in [3.05, 3.63) is 41.2 Å². The summed E-state index contributed by atoms with van der Waals surface area (Å²) in [6.45, 7) is 1.71. The van der Waals surface area contributed by atoms with E-state index in [4.69, 9.17) is 5.73 Å². The minimum absolute atomic E-state index is 0.106. The third-order valence-electron chi connectivity index (χ3n) is 4.19. The van der Waals surface area contributed by atoms with Gasteiger partial charge in [0, 0.05) is 12.1 Å². The van der Waals surface area contributed by atoms with Gasteiger partial charge in [0.1, 0.15) is 11.9 Å². The molecular formula is C17H17FN4O. The largest absolute Gasteiger partial charge is 0.504 e. The smallest absolute Gasteiger partial charge is 0.165 e. The minimum atomic E-state index is -0.715. The highest BCUT2D eigenvalue weighted by molar-refractivity contribution is 5.71. The lowest BCUT2D eigenvalue weighted by molar-refractivity contribution is 0.434. The van der Waals surface area contributed by atoms with Crippen LogP contribution in [-0.2, 0) is 0 Å². The zero-order chi connectivity index (χ0) is 16.4. The van der Waals surface area contributed by atoms with Gasteiger partial charge in [-0.25, -0.2) is 9.37 Å². The third-order valence-corrected chi connectivity index (χ3v) is 4.19. The maximum absolute atomic E-state index is 13.6. The number of rotatable bonds is 2. The Hall–Kier alpha value is -2.65. The van der Waals surface area contributed by atoms with E-state index in [1.807, 2.05) is 0 Å². The van der Waals surface area contributed by atoms with E-state index in [9.17, 15) is 14.8 Å². The number of piperidine rings is 1. The van der Waals surface area contributed by atoms with Gasteiger partial charge in [0.05, 0.1) is 11.3 Å². The molecule has 2 heterocycles. The van der Waals surface area contributed by atoms with Gasteiger partial charge in [-0.1, -0.05) is 6.07 Å². The molecule has 1 saturated heterocycles. The van der Waals surface area contributed by atoms with Crippen molar-refractivity contribution in [2.24, 2.45) is 0 Å². The van der Waals surface area contributed by atoms with Crippen molar-refractivity contribution >= 4 is 5.82 Å². The Labute approximate surface area is 133 Å². The van der Waals surface area contributed by atoms with Gasteiger partial charge in [0.15, 0.2) is 11.6 Å². The van der Waals surface area contributed by atoms with Gasteiger partial charge in [-0.2, -0.15) is 5.26 Å². The quantitative estimate of drug-likeness (QED) is 0.792. The van der Waals surface area contributed by atoms with E-state index < -0.39 is 11.6 Å². The highest BCUT2D eigenvalue weighted by atomic mass is 19.1. The summed E-state index contributed by atoms with van der Waals surface area (Å²) in [5.74, 6) is -0.919. The predicted octanol–water partition coefficient (Wildman–Crippen LogP) is 2.51. The van der Waals surface area contributed by atoms with Gasteiger partial charge in [-0.05, 0) is 49.1 Å². The number of nitrogens with two attached hydrogens (primary N) is 1. The predicted molar refractivity (Wildman–Crippen MR) is 85.3 cm³/mol. The summed E-state index contributed by atoms with van der Waals surface area (Å²) in [6.07, 6.45) is 1.96. The van der Waals surface area contributed by atoms with Crippen molar-refractivity contribution in [1.82, 2.24) is 10.3 Å². The highest BCUT2D eigenvalue weighted by Crippen LogP contribution is 2.35. The fourth-order valence-corrected chi connectivity index (χ4v) is 3.01. The lowest BCUT2D eigenvalue weighted by Gasteiger charge is -2.24. The minimum Gasteiger partial charge on any atom is -0.504 e. The second kappa shape index (κ2) is 6.23. The Morgan fingerprint density at radius 2 is 2.26 bits per heavy atom. The standard InChI is InChI=1S/C17H17FN4O/c18-14-5-1-4-11(16(14)23)15-7-12(10-3-2-6-21-9-10)13(8-19)17(20)22-15/h1,4-5,7,10,21,23H,2-3,6,9H2,(H2,20,22). The number of phenolic OH excluding ortho intramolecular Hbond substituents is 1. The molecule has 118 valence electrons. The molecule has 4 N–H and O–H groups in total. The molecule has 1 fully saturated rings. The van der Waals surface area contributed by atoms with Crippen LogP contribution in [0.2, 0.25) is 0 Å². The number of aromatic nitrogens is 1. The number of nitrogens with one attached hydrogen (secondary N) is 1. The van der Waals surface area contributed by atoms with Crippen LogP contribution in [0.1, 0.15) is 29.9 Å². The van der Waals surface area contributed by atoms with Crippen LogP contribution in [0.5, 0.6) is 5.75 Å². The van der Waals surface area contributed by atoms with Gasteiger partial charge in [-0.3, -0.25) is 0 Å². The fourth-order valence-electron chi connectivity index (χ4n) is 3.01. The summed E-state index contributed by atoms with van der Waals surface area (Å²) in [5.41, 5.74) is 7.74. The van der Waals surface area contributed by atoms with E-state index in [-0.39, 0.29) is 17.3 Å². The molecule has 3 rings (SSSR count). The molecule has 1 aliphatic rings. The molecule has 1 aromatic carbocycles. The van der Waals surface area contributed by atoms with E-state index >= 15 is 0 Å². The topological polar surface area (TPSA) is 95.0 Å². The normalized spacial score (nSPS) is 17.7. The van der Waals surface area contributed by atoms with Crippen molar-refractivity contribution in [3.63, 3.8) is 0 Å². The molecular weight excluding hydrogens is 295 g/mol. The SMILES string of the molecule is N#Cc1c(C2CCCNC2)cc(-c2cccc(F)c2O)nc1N. The van der Waals surface area contributed by atoms with Gasteiger partial charge < -0.3 is 16.2 Å². The van der Waals surface area contributed by atoms with Crippen LogP contribution in [0.3, 0.4) is 0 Å². The van der Waals surface area contributed by atoms with Crippen molar-refractivity contribution in [2.75, 3.05) is 18.8 Å². The third kappa shape index (κ3) is 2.83. The number of benzene rings is 1. The number of pyridine rings is 1. The maximum atomic E-state index is 13.6. The molecule has 0 bridgehead atoms. The summed E-state index contributed by atoms with van der Waals surface area (Å²) in [7, 11) is 0. The molecule has 6 heteroatoms. The zero-order valence-electron chi connectivity index (χ0n) is 12.5. The number of nitrogen functional groups attached to an aromatic ring is 1. The summed E-state index contributed by atoms with van der Waals surface area (Å²) < 4.78 is 13.6. The number of phenols is 1. The second-order valence-corrected chi connectivity index (χ2v) is 5.65. The van der Waals surface area contributed by atoms with E-state index in [1.54, 1.807) is 12.1 Å². The highest BCUT2D eigenvalue weighted by Gasteiger charge is 2.22. The molecule has 0 amide bonds. The molecule has 1 aromatic heterocycles. The number of aromatic hydroxyl groups is 1. The van der Waals surface area contributed by atoms with Crippen LogP contribution in [0, 0.1) is 17.1 Å². The number of nitriles is 1. The molecule has 0 saturated carbocycles. The molecule has 23 heavy (non-hydrogen) atoms.